The number of carbonyl (C=O) groups is 1. The summed E-state index contributed by atoms with van der Waals surface area (Å²) >= 11 is 0. The Kier molecular flexibility index (Phi) is 3.04. The molecule has 0 atom stereocenters. The highest BCUT2D eigenvalue weighted by atomic mass is 16.6. The summed E-state index contributed by atoms with van der Waals surface area (Å²) in [6, 6.07) is 0.435. The van der Waals surface area contributed by atoms with Gasteiger partial charge in [-0.05, 0) is 12.8 Å². The van der Waals surface area contributed by atoms with E-state index in [1.165, 1.54) is 6.42 Å². The van der Waals surface area contributed by atoms with Gasteiger partial charge in [0.2, 0.25) is 5.89 Å². The van der Waals surface area contributed by atoms with Crippen LogP contribution in [0.5, 0.6) is 0 Å². The Morgan fingerprint density at radius 3 is 2.94 bits per heavy atom. The zero-order valence-electron chi connectivity index (χ0n) is 10.1. The lowest BCUT2D eigenvalue weighted by molar-refractivity contribution is 0.159. The second-order valence-corrected chi connectivity index (χ2v) is 4.60. The predicted octanol–water partition coefficient (Wildman–Crippen LogP) is 1.20. The monoisotopic (exact) mass is 252 g/mol. The van der Waals surface area contributed by atoms with Gasteiger partial charge in [0.25, 0.3) is 0 Å². The van der Waals surface area contributed by atoms with E-state index in [0.29, 0.717) is 38.2 Å². The first-order valence-corrected chi connectivity index (χ1v) is 6.32. The zero-order valence-corrected chi connectivity index (χ0v) is 10.1. The molecule has 0 unspecified atom stereocenters. The molecular weight excluding hydrogens is 236 g/mol. The molecule has 1 amide bonds. The third kappa shape index (κ3) is 2.25. The molecule has 1 N–H and O–H groups in total. The quantitative estimate of drug-likeness (QED) is 0.848. The Labute approximate surface area is 104 Å². The fraction of sp³-hybridized carbons (Fsp3) is 0.727. The third-order valence-corrected chi connectivity index (χ3v) is 3.40. The molecule has 7 nitrogen and oxygen atoms in total. The first kappa shape index (κ1) is 11.3. The van der Waals surface area contributed by atoms with Crippen LogP contribution in [0.1, 0.15) is 31.1 Å². The van der Waals surface area contributed by atoms with Gasteiger partial charge >= 0.3 is 12.1 Å². The fourth-order valence-electron chi connectivity index (χ4n) is 2.05. The smallest absolute Gasteiger partial charge is 0.409 e. The van der Waals surface area contributed by atoms with Crippen molar-refractivity contribution in [2.75, 3.05) is 31.6 Å². The summed E-state index contributed by atoms with van der Waals surface area (Å²) in [5.41, 5.74) is 0. The van der Waals surface area contributed by atoms with Crippen LogP contribution in [0, 0.1) is 0 Å². The minimum atomic E-state index is -0.252. The van der Waals surface area contributed by atoms with Gasteiger partial charge in [0, 0.05) is 19.0 Å². The van der Waals surface area contributed by atoms with Gasteiger partial charge in [-0.3, -0.25) is 0 Å². The van der Waals surface area contributed by atoms with Crippen LogP contribution < -0.4 is 5.32 Å². The van der Waals surface area contributed by atoms with Crippen LogP contribution in [0.25, 0.3) is 0 Å². The largest absolute Gasteiger partial charge is 0.448 e. The number of hydrogen-bond donors (Lipinski definition) is 1. The zero-order chi connectivity index (χ0) is 12.4. The molecule has 0 spiro atoms. The number of aromatic nitrogens is 2. The number of anilines is 1. The van der Waals surface area contributed by atoms with Crippen LogP contribution in [0.4, 0.5) is 10.8 Å². The average molecular weight is 252 g/mol. The van der Waals surface area contributed by atoms with Gasteiger partial charge in [-0.2, -0.15) is 0 Å². The number of carbonyl (C=O) groups excluding carboxylic acids is 1. The highest BCUT2D eigenvalue weighted by molar-refractivity contribution is 5.69. The minimum absolute atomic E-state index is 0.252. The molecule has 1 aromatic rings. The second-order valence-electron chi connectivity index (χ2n) is 4.60. The molecule has 18 heavy (non-hydrogen) atoms. The topological polar surface area (TPSA) is 80.5 Å². The Morgan fingerprint density at radius 1 is 1.39 bits per heavy atom. The number of nitrogens with one attached hydrogen (secondary N) is 1. The molecule has 0 radical (unpaired) electrons. The van der Waals surface area contributed by atoms with Crippen molar-refractivity contribution in [1.82, 2.24) is 15.1 Å². The van der Waals surface area contributed by atoms with E-state index in [1.54, 1.807) is 4.90 Å². The van der Waals surface area contributed by atoms with Gasteiger partial charge < -0.3 is 19.4 Å². The fourth-order valence-corrected chi connectivity index (χ4v) is 2.05. The molecule has 1 aliphatic heterocycles. The van der Waals surface area contributed by atoms with Crippen LogP contribution >= 0.6 is 0 Å². The van der Waals surface area contributed by atoms with Crippen molar-refractivity contribution in [1.29, 1.82) is 0 Å². The van der Waals surface area contributed by atoms with Crippen molar-refractivity contribution in [3.8, 4) is 0 Å². The minimum Gasteiger partial charge on any atom is -0.448 e. The molecule has 1 aliphatic carbocycles. The molecule has 2 aliphatic rings. The van der Waals surface area contributed by atoms with Crippen LogP contribution in [-0.4, -0.2) is 47.4 Å². The summed E-state index contributed by atoms with van der Waals surface area (Å²) in [5, 5.41) is 11.0. The lowest BCUT2D eigenvalue weighted by Gasteiger charge is -2.20. The Hall–Kier alpha value is -1.79. The van der Waals surface area contributed by atoms with Gasteiger partial charge in [-0.1, -0.05) is 11.5 Å². The van der Waals surface area contributed by atoms with Crippen LogP contribution in [0.2, 0.25) is 0 Å². The number of rotatable bonds is 5. The van der Waals surface area contributed by atoms with Crippen molar-refractivity contribution in [2.45, 2.75) is 25.2 Å². The molecule has 1 saturated heterocycles. The summed E-state index contributed by atoms with van der Waals surface area (Å²) in [5.74, 6) is 1.17. The van der Waals surface area contributed by atoms with Gasteiger partial charge in [-0.15, -0.1) is 5.10 Å². The van der Waals surface area contributed by atoms with E-state index in [4.69, 9.17) is 9.15 Å². The Balaban J connectivity index is 1.45. The molecule has 98 valence electrons. The van der Waals surface area contributed by atoms with Crippen molar-refractivity contribution in [3.05, 3.63) is 5.89 Å². The molecule has 1 saturated carbocycles. The number of cyclic esters (lactones) is 1. The van der Waals surface area contributed by atoms with E-state index in [2.05, 4.69) is 15.5 Å². The SMILES string of the molecule is O=C1OCCN1CCNc1nnc(C2CCC2)o1. The molecule has 3 rings (SSSR count). The van der Waals surface area contributed by atoms with Crippen molar-refractivity contribution < 1.29 is 13.9 Å². The van der Waals surface area contributed by atoms with E-state index in [9.17, 15) is 4.79 Å². The molecule has 2 heterocycles. The molecule has 2 fully saturated rings. The van der Waals surface area contributed by atoms with E-state index < -0.39 is 0 Å². The van der Waals surface area contributed by atoms with Crippen LogP contribution in [0.3, 0.4) is 0 Å². The maximum absolute atomic E-state index is 11.2. The van der Waals surface area contributed by atoms with Crippen molar-refractivity contribution in [2.24, 2.45) is 0 Å². The highest BCUT2D eigenvalue weighted by Crippen LogP contribution is 2.35. The van der Waals surface area contributed by atoms with Crippen LogP contribution in [-0.2, 0) is 4.74 Å². The van der Waals surface area contributed by atoms with E-state index in [1.807, 2.05) is 0 Å². The lowest BCUT2D eigenvalue weighted by atomic mass is 9.85. The molecule has 0 bridgehead atoms. The number of ether oxygens (including phenoxy) is 1. The van der Waals surface area contributed by atoms with Gasteiger partial charge in [0.05, 0.1) is 6.54 Å². The summed E-state index contributed by atoms with van der Waals surface area (Å²) < 4.78 is 10.3. The number of nitrogens with zero attached hydrogens (tertiary/aromatic N) is 3. The maximum atomic E-state index is 11.2. The Morgan fingerprint density at radius 2 is 2.28 bits per heavy atom. The summed E-state index contributed by atoms with van der Waals surface area (Å²) in [6.07, 6.45) is 3.27. The predicted molar refractivity (Wildman–Crippen MR) is 62.3 cm³/mol. The lowest BCUT2D eigenvalue weighted by Crippen LogP contribution is -2.29. The van der Waals surface area contributed by atoms with Gasteiger partial charge in [0.1, 0.15) is 6.61 Å². The normalized spacial score (nSPS) is 19.8. The van der Waals surface area contributed by atoms with Crippen molar-refractivity contribution >= 4 is 12.1 Å². The summed E-state index contributed by atoms with van der Waals surface area (Å²) in [7, 11) is 0. The summed E-state index contributed by atoms with van der Waals surface area (Å²) in [4.78, 5) is 12.8. The summed E-state index contributed by atoms with van der Waals surface area (Å²) in [6.45, 7) is 2.30. The third-order valence-electron chi connectivity index (χ3n) is 3.40. The standard InChI is InChI=1S/C11H16N4O3/c16-11-15(6-7-17-11)5-4-12-10-14-13-9(18-10)8-2-1-3-8/h8H,1-7H2,(H,12,14). The first-order valence-electron chi connectivity index (χ1n) is 6.32. The second kappa shape index (κ2) is 4.83. The molecule has 1 aromatic heterocycles. The van der Waals surface area contributed by atoms with Gasteiger partial charge in [0.15, 0.2) is 0 Å². The van der Waals surface area contributed by atoms with E-state index in [0.717, 1.165) is 18.7 Å². The maximum Gasteiger partial charge on any atom is 0.409 e. The molecule has 0 aromatic carbocycles. The van der Waals surface area contributed by atoms with Crippen molar-refractivity contribution in [3.63, 3.8) is 0 Å². The number of amides is 1. The van der Waals surface area contributed by atoms with E-state index >= 15 is 0 Å². The van der Waals surface area contributed by atoms with Gasteiger partial charge in [-0.25, -0.2) is 4.79 Å². The average Bonchev–Trinajstić information content (AvgIpc) is 2.87. The van der Waals surface area contributed by atoms with E-state index in [-0.39, 0.29) is 6.09 Å². The Bertz CT molecular complexity index is 430. The first-order chi connectivity index (χ1) is 8.83. The molecular formula is C11H16N4O3. The van der Waals surface area contributed by atoms with Crippen LogP contribution in [0.15, 0.2) is 4.42 Å². The number of hydrogen-bond acceptors (Lipinski definition) is 6. The highest BCUT2D eigenvalue weighted by Gasteiger charge is 2.25. The molecule has 7 heteroatoms.